The number of rotatable bonds is 4. The first-order valence-corrected chi connectivity index (χ1v) is 8.04. The maximum atomic E-state index is 12.2. The van der Waals surface area contributed by atoms with Gasteiger partial charge in [0.05, 0.1) is 12.1 Å². The summed E-state index contributed by atoms with van der Waals surface area (Å²) in [5, 5.41) is 12.6. The van der Waals surface area contributed by atoms with Crippen molar-refractivity contribution in [1.29, 1.82) is 0 Å². The monoisotopic (exact) mass is 407 g/mol. The number of H-pyrrole nitrogens is 1. The molecule has 0 bridgehead atoms. The molecule has 0 unspecified atom stereocenters. The van der Waals surface area contributed by atoms with Crippen LogP contribution in [0.5, 0.6) is 0 Å². The van der Waals surface area contributed by atoms with E-state index in [-0.39, 0.29) is 12.3 Å². The highest BCUT2D eigenvalue weighted by Gasteiger charge is 2.09. The first-order valence-electron chi connectivity index (χ1n) is 6.87. The predicted molar refractivity (Wildman–Crippen MR) is 93.5 cm³/mol. The lowest BCUT2D eigenvalue weighted by Crippen LogP contribution is -2.17. The molecule has 1 heterocycles. The van der Waals surface area contributed by atoms with E-state index in [1.54, 1.807) is 42.5 Å². The van der Waals surface area contributed by atoms with E-state index < -0.39 is 5.69 Å². The van der Waals surface area contributed by atoms with Gasteiger partial charge in [-0.3, -0.25) is 4.79 Å². The average molecular weight is 409 g/mol. The van der Waals surface area contributed by atoms with Crippen molar-refractivity contribution < 1.29 is 4.79 Å². The fraction of sp³-hybridized carbons (Fsp3) is 0.0667. The number of hydrogen-bond acceptors (Lipinski definition) is 4. The first kappa shape index (κ1) is 16.4. The van der Waals surface area contributed by atoms with Crippen LogP contribution in [-0.2, 0) is 11.2 Å². The molecule has 0 saturated heterocycles. The van der Waals surface area contributed by atoms with Crippen LogP contribution in [0.4, 0.5) is 5.69 Å². The Balaban J connectivity index is 1.70. The normalized spacial score (nSPS) is 10.6. The Morgan fingerprint density at radius 3 is 2.67 bits per heavy atom. The van der Waals surface area contributed by atoms with E-state index in [1.807, 2.05) is 0 Å². The second-order valence-electron chi connectivity index (χ2n) is 4.93. The number of carbonyl (C=O) groups is 1. The Hall–Kier alpha value is -2.45. The average Bonchev–Trinajstić information content (AvgIpc) is 2.98. The lowest BCUT2D eigenvalue weighted by Gasteiger charge is -2.08. The lowest BCUT2D eigenvalue weighted by molar-refractivity contribution is -0.115. The third-order valence-electron chi connectivity index (χ3n) is 3.23. The van der Waals surface area contributed by atoms with Crippen LogP contribution in [-0.4, -0.2) is 26.1 Å². The highest BCUT2D eigenvalue weighted by Crippen LogP contribution is 2.22. The number of halogens is 2. The van der Waals surface area contributed by atoms with Gasteiger partial charge in [0.25, 0.3) is 0 Å². The van der Waals surface area contributed by atoms with Gasteiger partial charge in [0.2, 0.25) is 5.91 Å². The zero-order valence-electron chi connectivity index (χ0n) is 12.2. The number of aromatic nitrogens is 4. The van der Waals surface area contributed by atoms with E-state index in [4.69, 9.17) is 11.6 Å². The zero-order valence-corrected chi connectivity index (χ0v) is 14.5. The molecule has 24 heavy (non-hydrogen) atoms. The number of amides is 1. The molecule has 0 aliphatic heterocycles. The van der Waals surface area contributed by atoms with Crippen molar-refractivity contribution in [2.75, 3.05) is 5.32 Å². The number of hydrogen-bond donors (Lipinski definition) is 2. The summed E-state index contributed by atoms with van der Waals surface area (Å²) in [4.78, 5) is 23.6. The van der Waals surface area contributed by atoms with Crippen LogP contribution in [0.1, 0.15) is 5.56 Å². The van der Waals surface area contributed by atoms with Crippen molar-refractivity contribution in [3.8, 4) is 5.69 Å². The number of aromatic amines is 1. The summed E-state index contributed by atoms with van der Waals surface area (Å²) < 4.78 is 1.94. The number of nitrogens with zero attached hydrogens (tertiary/aromatic N) is 3. The molecular formula is C15H11BrClN5O2. The van der Waals surface area contributed by atoms with Gasteiger partial charge in [0.15, 0.2) is 0 Å². The van der Waals surface area contributed by atoms with Gasteiger partial charge in [-0.1, -0.05) is 27.5 Å². The van der Waals surface area contributed by atoms with Crippen molar-refractivity contribution in [2.24, 2.45) is 0 Å². The number of benzene rings is 2. The topological polar surface area (TPSA) is 92.7 Å². The van der Waals surface area contributed by atoms with Crippen LogP contribution >= 0.6 is 27.5 Å². The predicted octanol–water partition coefficient (Wildman–Crippen LogP) is 2.55. The Morgan fingerprint density at radius 2 is 2.00 bits per heavy atom. The molecule has 0 aliphatic rings. The van der Waals surface area contributed by atoms with Crippen LogP contribution in [0.25, 0.3) is 5.69 Å². The minimum absolute atomic E-state index is 0.177. The third-order valence-corrected chi connectivity index (χ3v) is 4.24. The van der Waals surface area contributed by atoms with Gasteiger partial charge in [0.1, 0.15) is 0 Å². The van der Waals surface area contributed by atoms with Crippen LogP contribution in [0.2, 0.25) is 5.02 Å². The van der Waals surface area contributed by atoms with Crippen molar-refractivity contribution in [2.45, 2.75) is 6.42 Å². The molecule has 1 aromatic heterocycles. The fourth-order valence-corrected chi connectivity index (χ4v) is 2.69. The van der Waals surface area contributed by atoms with Gasteiger partial charge in [-0.05, 0) is 58.5 Å². The summed E-state index contributed by atoms with van der Waals surface area (Å²) in [5.41, 5.74) is 1.52. The van der Waals surface area contributed by atoms with E-state index in [0.717, 1.165) is 14.7 Å². The third kappa shape index (κ3) is 3.72. The molecular weight excluding hydrogens is 398 g/mol. The molecule has 2 N–H and O–H groups in total. The van der Waals surface area contributed by atoms with Crippen LogP contribution in [0.15, 0.2) is 51.7 Å². The zero-order chi connectivity index (χ0) is 17.1. The molecule has 2 aromatic carbocycles. The van der Waals surface area contributed by atoms with Gasteiger partial charge < -0.3 is 5.32 Å². The maximum Gasteiger partial charge on any atom is 0.365 e. The van der Waals surface area contributed by atoms with Crippen molar-refractivity contribution >= 4 is 39.1 Å². The Kier molecular flexibility index (Phi) is 4.77. The van der Waals surface area contributed by atoms with Crippen LogP contribution in [0, 0.1) is 0 Å². The summed E-state index contributed by atoms with van der Waals surface area (Å²) in [6.45, 7) is 0. The summed E-state index contributed by atoms with van der Waals surface area (Å²) in [6.07, 6.45) is 0.186. The largest absolute Gasteiger partial charge is 0.365 e. The quantitative estimate of drug-likeness (QED) is 0.694. The van der Waals surface area contributed by atoms with E-state index in [0.29, 0.717) is 16.4 Å². The number of carbonyl (C=O) groups excluding carboxylic acids is 1. The summed E-state index contributed by atoms with van der Waals surface area (Å²) in [6, 6.07) is 12.0. The second-order valence-corrected chi connectivity index (χ2v) is 6.22. The summed E-state index contributed by atoms with van der Waals surface area (Å²) in [5.74, 6) is -0.177. The molecule has 0 fully saturated rings. The van der Waals surface area contributed by atoms with Gasteiger partial charge >= 0.3 is 5.69 Å². The maximum absolute atomic E-state index is 12.2. The van der Waals surface area contributed by atoms with E-state index in [2.05, 4.69) is 36.8 Å². The molecule has 1 amide bonds. The SMILES string of the molecule is O=C(Cc1cc(Cl)ccc1Br)Nc1ccc(-n2nn[nH]c2=O)cc1. The summed E-state index contributed by atoms with van der Waals surface area (Å²) in [7, 11) is 0. The lowest BCUT2D eigenvalue weighted by atomic mass is 10.1. The highest BCUT2D eigenvalue weighted by atomic mass is 79.9. The van der Waals surface area contributed by atoms with Gasteiger partial charge in [0, 0.05) is 15.2 Å². The Labute approximate surface area is 149 Å². The molecule has 7 nitrogen and oxygen atoms in total. The molecule has 3 rings (SSSR count). The standard InChI is InChI=1S/C15H11BrClN5O2/c16-13-6-1-10(17)7-9(13)8-14(23)18-11-2-4-12(5-3-11)22-15(24)19-20-21-22/h1-7H,8H2,(H,18,23)(H,19,21,24). The molecule has 3 aromatic rings. The summed E-state index contributed by atoms with van der Waals surface area (Å²) >= 11 is 9.34. The minimum atomic E-state index is -0.433. The van der Waals surface area contributed by atoms with Crippen molar-refractivity contribution in [3.63, 3.8) is 0 Å². The van der Waals surface area contributed by atoms with Crippen LogP contribution in [0.3, 0.4) is 0 Å². The van der Waals surface area contributed by atoms with Crippen molar-refractivity contribution in [1.82, 2.24) is 20.2 Å². The van der Waals surface area contributed by atoms with Gasteiger partial charge in [-0.2, -0.15) is 4.68 Å². The Bertz CT molecular complexity index is 936. The highest BCUT2D eigenvalue weighted by molar-refractivity contribution is 9.10. The van der Waals surface area contributed by atoms with Gasteiger partial charge in [-0.25, -0.2) is 9.89 Å². The van der Waals surface area contributed by atoms with E-state index in [1.165, 1.54) is 0 Å². The van der Waals surface area contributed by atoms with Crippen LogP contribution < -0.4 is 11.0 Å². The first-order chi connectivity index (χ1) is 11.5. The molecule has 0 atom stereocenters. The number of nitrogens with one attached hydrogen (secondary N) is 2. The minimum Gasteiger partial charge on any atom is -0.326 e. The molecule has 0 saturated carbocycles. The second kappa shape index (κ2) is 6.98. The van der Waals surface area contributed by atoms with Gasteiger partial charge in [-0.15, -0.1) is 0 Å². The Morgan fingerprint density at radius 1 is 1.25 bits per heavy atom. The number of anilines is 1. The molecule has 9 heteroatoms. The van der Waals surface area contributed by atoms with E-state index in [9.17, 15) is 9.59 Å². The van der Waals surface area contributed by atoms with E-state index >= 15 is 0 Å². The fourth-order valence-electron chi connectivity index (χ4n) is 2.11. The molecule has 0 aliphatic carbocycles. The number of tetrazole rings is 1. The molecule has 0 spiro atoms. The van der Waals surface area contributed by atoms with Crippen molar-refractivity contribution in [3.05, 3.63) is 68.0 Å². The smallest absolute Gasteiger partial charge is 0.326 e. The molecule has 0 radical (unpaired) electrons. The molecule has 122 valence electrons.